The molecule has 0 saturated heterocycles. The Morgan fingerprint density at radius 2 is 0.794 bits per heavy atom. The number of hydrogen-bond donors (Lipinski definition) is 3. The third kappa shape index (κ3) is 53.0. The lowest BCUT2D eigenvalue weighted by atomic mass is 10.0. The molecular formula is C59H120N2O6P+. The summed E-state index contributed by atoms with van der Waals surface area (Å²) in [5.74, 6) is -0.144. The van der Waals surface area contributed by atoms with Gasteiger partial charge < -0.3 is 19.8 Å². The zero-order valence-electron chi connectivity index (χ0n) is 46.4. The molecule has 0 aromatic rings. The minimum atomic E-state index is -4.32. The van der Waals surface area contributed by atoms with Gasteiger partial charge in [-0.1, -0.05) is 276 Å². The van der Waals surface area contributed by atoms with Crippen molar-refractivity contribution in [1.29, 1.82) is 0 Å². The maximum Gasteiger partial charge on any atom is 0.472 e. The Labute approximate surface area is 424 Å². The molecule has 0 aromatic carbocycles. The number of nitrogens with zero attached hydrogens (tertiary/aromatic N) is 1. The molecule has 3 N–H and O–H groups in total. The molecule has 0 fully saturated rings. The van der Waals surface area contributed by atoms with E-state index in [0.717, 1.165) is 38.5 Å². The van der Waals surface area contributed by atoms with Crippen LogP contribution in [0.25, 0.3) is 0 Å². The molecule has 0 saturated carbocycles. The first kappa shape index (κ1) is 67.2. The molecule has 406 valence electrons. The number of unbranched alkanes of at least 4 members (excludes halogenated alkanes) is 41. The van der Waals surface area contributed by atoms with Crippen LogP contribution in [0.15, 0.2) is 12.2 Å². The first-order chi connectivity index (χ1) is 33.0. The lowest BCUT2D eigenvalue weighted by molar-refractivity contribution is -0.870. The van der Waals surface area contributed by atoms with Crippen LogP contribution in [0.3, 0.4) is 0 Å². The number of aliphatic hydroxyl groups is 1. The topological polar surface area (TPSA) is 105 Å². The summed E-state index contributed by atoms with van der Waals surface area (Å²) in [7, 11) is 1.63. The van der Waals surface area contributed by atoms with Gasteiger partial charge in [0.2, 0.25) is 5.91 Å². The number of carbonyl (C=O) groups excluding carboxylic acids is 1. The molecule has 1 amide bonds. The van der Waals surface area contributed by atoms with Crippen LogP contribution in [0.1, 0.15) is 309 Å². The molecular weight excluding hydrogens is 864 g/mol. The molecule has 3 unspecified atom stereocenters. The molecule has 0 spiro atoms. The van der Waals surface area contributed by atoms with Crippen LogP contribution in [0.2, 0.25) is 0 Å². The summed E-state index contributed by atoms with van der Waals surface area (Å²) in [4.78, 5) is 23.3. The molecule has 3 atom stereocenters. The van der Waals surface area contributed by atoms with Gasteiger partial charge in [0.1, 0.15) is 13.2 Å². The second-order valence-corrected chi connectivity index (χ2v) is 23.5. The molecule has 8 nitrogen and oxygen atoms in total. The summed E-state index contributed by atoms with van der Waals surface area (Å²) < 4.78 is 23.8. The van der Waals surface area contributed by atoms with E-state index in [1.807, 2.05) is 21.1 Å². The zero-order valence-corrected chi connectivity index (χ0v) is 47.3. The number of aliphatic hydroxyl groups excluding tert-OH is 1. The molecule has 68 heavy (non-hydrogen) atoms. The van der Waals surface area contributed by atoms with Crippen molar-refractivity contribution in [3.63, 3.8) is 0 Å². The second-order valence-electron chi connectivity index (χ2n) is 22.1. The SMILES string of the molecule is CCCCCCCC/C=C\CCCCCCCCCC(=O)NC(COP(=O)(O)OCC[N+](C)(C)C)C(O)CCCCCCCCCCCCCCCCCCCCCCCCCCCCCCC. The van der Waals surface area contributed by atoms with Gasteiger partial charge in [0, 0.05) is 6.42 Å². The van der Waals surface area contributed by atoms with Gasteiger partial charge in [-0.3, -0.25) is 13.8 Å². The normalized spacial score (nSPS) is 13.9. The fourth-order valence-electron chi connectivity index (χ4n) is 9.28. The molecule has 9 heteroatoms. The number of amides is 1. The van der Waals surface area contributed by atoms with Crippen molar-refractivity contribution in [2.75, 3.05) is 40.9 Å². The van der Waals surface area contributed by atoms with E-state index >= 15 is 0 Å². The van der Waals surface area contributed by atoms with E-state index in [1.165, 1.54) is 244 Å². The summed E-state index contributed by atoms with van der Waals surface area (Å²) in [5, 5.41) is 14.1. The third-order valence-electron chi connectivity index (χ3n) is 14.0. The van der Waals surface area contributed by atoms with Crippen LogP contribution in [-0.2, 0) is 18.4 Å². The van der Waals surface area contributed by atoms with E-state index in [4.69, 9.17) is 9.05 Å². The van der Waals surface area contributed by atoms with E-state index in [-0.39, 0.29) is 19.1 Å². The number of nitrogens with one attached hydrogen (secondary N) is 1. The van der Waals surface area contributed by atoms with Crippen LogP contribution in [0.4, 0.5) is 0 Å². The van der Waals surface area contributed by atoms with E-state index < -0.39 is 20.0 Å². The minimum Gasteiger partial charge on any atom is -0.391 e. The number of rotatable bonds is 56. The predicted molar refractivity (Wildman–Crippen MR) is 295 cm³/mol. The zero-order chi connectivity index (χ0) is 49.9. The average Bonchev–Trinajstić information content (AvgIpc) is 3.30. The highest BCUT2D eigenvalue weighted by Gasteiger charge is 2.28. The predicted octanol–water partition coefficient (Wildman–Crippen LogP) is 18.2. The van der Waals surface area contributed by atoms with E-state index in [2.05, 4.69) is 31.3 Å². The van der Waals surface area contributed by atoms with Crippen molar-refractivity contribution in [3.05, 3.63) is 12.2 Å². The standard InChI is InChI=1S/C59H119N2O6P/c1-6-8-10-12-14-16-18-20-22-24-25-26-27-28-29-30-31-32-33-34-35-37-38-40-42-44-46-48-50-52-58(62)57(56-67-68(64,65)66-55-54-61(3,4)5)60-59(63)53-51-49-47-45-43-41-39-36-23-21-19-17-15-13-11-9-7-2/h21,23,57-58,62H,6-20,22,24-56H2,1-5H3,(H-,60,63,64,65)/p+1/b23-21-. The maximum atomic E-state index is 13.0. The molecule has 0 aliphatic rings. The van der Waals surface area contributed by atoms with Crippen LogP contribution in [-0.4, -0.2) is 73.4 Å². The first-order valence-corrected chi connectivity index (χ1v) is 31.5. The lowest BCUT2D eigenvalue weighted by Gasteiger charge is -2.26. The summed E-state index contributed by atoms with van der Waals surface area (Å²) >= 11 is 0. The molecule has 0 rings (SSSR count). The van der Waals surface area contributed by atoms with Gasteiger partial charge in [-0.25, -0.2) is 4.57 Å². The molecule has 0 bridgehead atoms. The highest BCUT2D eigenvalue weighted by molar-refractivity contribution is 7.47. The van der Waals surface area contributed by atoms with Gasteiger partial charge in [0.25, 0.3) is 0 Å². The lowest BCUT2D eigenvalue weighted by Crippen LogP contribution is -2.46. The minimum absolute atomic E-state index is 0.0763. The van der Waals surface area contributed by atoms with Crippen molar-refractivity contribution >= 4 is 13.7 Å². The fraction of sp³-hybridized carbons (Fsp3) is 0.949. The smallest absolute Gasteiger partial charge is 0.391 e. The van der Waals surface area contributed by atoms with Crippen LogP contribution >= 0.6 is 7.82 Å². The van der Waals surface area contributed by atoms with Crippen molar-refractivity contribution in [1.82, 2.24) is 5.32 Å². The number of allylic oxidation sites excluding steroid dienone is 2. The number of likely N-dealkylation sites (N-methyl/N-ethyl adjacent to an activating group) is 1. The monoisotopic (exact) mass is 984 g/mol. The average molecular weight is 985 g/mol. The molecule has 0 aromatic heterocycles. The largest absolute Gasteiger partial charge is 0.472 e. The first-order valence-electron chi connectivity index (χ1n) is 30.1. The van der Waals surface area contributed by atoms with Crippen LogP contribution in [0, 0.1) is 0 Å². The van der Waals surface area contributed by atoms with Crippen molar-refractivity contribution < 1.29 is 32.9 Å². The quantitative estimate of drug-likeness (QED) is 0.0243. The Morgan fingerprint density at radius 1 is 0.485 bits per heavy atom. The highest BCUT2D eigenvalue weighted by Crippen LogP contribution is 2.43. The summed E-state index contributed by atoms with van der Waals surface area (Å²) in [6, 6.07) is -0.761. The van der Waals surface area contributed by atoms with Gasteiger partial charge in [-0.2, -0.15) is 0 Å². The molecule has 0 aliphatic carbocycles. The van der Waals surface area contributed by atoms with E-state index in [1.54, 1.807) is 0 Å². The van der Waals surface area contributed by atoms with Crippen molar-refractivity contribution in [2.45, 2.75) is 321 Å². The second kappa shape index (κ2) is 51.2. The number of quaternary nitrogens is 1. The Kier molecular flexibility index (Phi) is 50.6. The Balaban J connectivity index is 4.06. The summed E-state index contributed by atoms with van der Waals surface area (Å²) in [6.07, 6.45) is 62.8. The fourth-order valence-corrected chi connectivity index (χ4v) is 10.0. The third-order valence-corrected chi connectivity index (χ3v) is 15.0. The molecule has 0 radical (unpaired) electrons. The van der Waals surface area contributed by atoms with Crippen LogP contribution < -0.4 is 5.32 Å². The number of phosphoric acid groups is 1. The number of hydrogen-bond acceptors (Lipinski definition) is 5. The molecule has 0 heterocycles. The molecule has 0 aliphatic heterocycles. The van der Waals surface area contributed by atoms with Gasteiger partial charge >= 0.3 is 7.82 Å². The summed E-state index contributed by atoms with van der Waals surface area (Å²) in [5.41, 5.74) is 0. The Hall–Kier alpha value is -0.760. The Bertz CT molecular complexity index is 1120. The van der Waals surface area contributed by atoms with Gasteiger partial charge in [0.15, 0.2) is 0 Å². The van der Waals surface area contributed by atoms with Gasteiger partial charge in [-0.15, -0.1) is 0 Å². The van der Waals surface area contributed by atoms with Gasteiger partial charge in [0.05, 0.1) is 39.9 Å². The van der Waals surface area contributed by atoms with Crippen molar-refractivity contribution in [3.8, 4) is 0 Å². The van der Waals surface area contributed by atoms with Crippen molar-refractivity contribution in [2.24, 2.45) is 0 Å². The summed E-state index contributed by atoms with van der Waals surface area (Å²) in [6.45, 7) is 4.93. The van der Waals surface area contributed by atoms with E-state index in [0.29, 0.717) is 23.9 Å². The van der Waals surface area contributed by atoms with Gasteiger partial charge in [-0.05, 0) is 38.5 Å². The Morgan fingerprint density at radius 3 is 1.13 bits per heavy atom. The maximum absolute atomic E-state index is 13.0. The highest BCUT2D eigenvalue weighted by atomic mass is 31.2. The van der Waals surface area contributed by atoms with Crippen LogP contribution in [0.5, 0.6) is 0 Å². The number of carbonyl (C=O) groups is 1. The number of phosphoric ester groups is 1. The van der Waals surface area contributed by atoms with E-state index in [9.17, 15) is 19.4 Å².